The van der Waals surface area contributed by atoms with Gasteiger partial charge in [-0.25, -0.2) is 0 Å². The van der Waals surface area contributed by atoms with Gasteiger partial charge in [-0.3, -0.25) is 0 Å². The standard InChI is InChI=1S/C13H8N4/c14-7-11(13(17)12(8-15)9-16)6-10-4-2-1-3-5-10/h1-6H,17H2/b11-6+. The van der Waals surface area contributed by atoms with Crippen LogP contribution in [-0.2, 0) is 0 Å². The SMILES string of the molecule is N#CC(C#N)=C(N)/C(C#N)=C/c1ccccc1. The third kappa shape index (κ3) is 2.96. The zero-order chi connectivity index (χ0) is 12.7. The molecule has 0 amide bonds. The number of hydrogen-bond acceptors (Lipinski definition) is 4. The van der Waals surface area contributed by atoms with Crippen LogP contribution in [0.1, 0.15) is 5.56 Å². The van der Waals surface area contributed by atoms with Crippen molar-refractivity contribution in [1.29, 1.82) is 15.8 Å². The van der Waals surface area contributed by atoms with E-state index in [0.717, 1.165) is 5.56 Å². The van der Waals surface area contributed by atoms with E-state index in [1.165, 1.54) is 6.08 Å². The molecule has 0 spiro atoms. The van der Waals surface area contributed by atoms with Crippen molar-refractivity contribution in [3.63, 3.8) is 0 Å². The first-order valence-corrected chi connectivity index (χ1v) is 4.70. The second-order valence-electron chi connectivity index (χ2n) is 3.09. The van der Waals surface area contributed by atoms with Crippen molar-refractivity contribution in [2.75, 3.05) is 0 Å². The van der Waals surface area contributed by atoms with Gasteiger partial charge in [0.2, 0.25) is 0 Å². The zero-order valence-corrected chi connectivity index (χ0v) is 8.88. The first-order chi connectivity index (χ1) is 8.22. The zero-order valence-electron chi connectivity index (χ0n) is 8.88. The van der Waals surface area contributed by atoms with Gasteiger partial charge in [0.05, 0.1) is 11.3 Å². The highest BCUT2D eigenvalue weighted by molar-refractivity contribution is 5.65. The third-order valence-corrected chi connectivity index (χ3v) is 2.01. The lowest BCUT2D eigenvalue weighted by Gasteiger charge is -1.99. The molecule has 0 aromatic heterocycles. The Hall–Kier alpha value is -3.03. The lowest BCUT2D eigenvalue weighted by molar-refractivity contribution is 1.31. The van der Waals surface area contributed by atoms with Gasteiger partial charge in [-0.15, -0.1) is 0 Å². The summed E-state index contributed by atoms with van der Waals surface area (Å²) in [5.41, 5.74) is 6.12. The van der Waals surface area contributed by atoms with Gasteiger partial charge in [-0.1, -0.05) is 30.3 Å². The van der Waals surface area contributed by atoms with Gasteiger partial charge in [0.15, 0.2) is 5.57 Å². The Labute approximate surface area is 99.1 Å². The summed E-state index contributed by atoms with van der Waals surface area (Å²) in [7, 11) is 0. The van der Waals surface area contributed by atoms with Crippen molar-refractivity contribution in [3.05, 3.63) is 52.7 Å². The molecule has 0 atom stereocenters. The molecule has 0 unspecified atom stereocenters. The van der Waals surface area contributed by atoms with Crippen LogP contribution in [0.4, 0.5) is 0 Å². The molecule has 0 saturated heterocycles. The number of rotatable bonds is 2. The first kappa shape index (κ1) is 12.0. The highest BCUT2D eigenvalue weighted by Crippen LogP contribution is 2.13. The Bertz CT molecular complexity index is 573. The molecule has 0 saturated carbocycles. The Morgan fingerprint density at radius 1 is 1.00 bits per heavy atom. The van der Waals surface area contributed by atoms with Crippen molar-refractivity contribution in [2.45, 2.75) is 0 Å². The maximum Gasteiger partial charge on any atom is 0.153 e. The highest BCUT2D eigenvalue weighted by atomic mass is 14.6. The van der Waals surface area contributed by atoms with Gasteiger partial charge in [0.25, 0.3) is 0 Å². The number of nitriles is 3. The first-order valence-electron chi connectivity index (χ1n) is 4.70. The molecule has 0 bridgehead atoms. The van der Waals surface area contributed by atoms with Crippen molar-refractivity contribution >= 4 is 6.08 Å². The summed E-state index contributed by atoms with van der Waals surface area (Å²) in [5, 5.41) is 26.3. The predicted molar refractivity (Wildman–Crippen MR) is 62.5 cm³/mol. The van der Waals surface area contributed by atoms with Crippen LogP contribution < -0.4 is 5.73 Å². The molecule has 0 aliphatic rings. The van der Waals surface area contributed by atoms with E-state index in [0.29, 0.717) is 0 Å². The molecule has 0 aliphatic heterocycles. The number of benzene rings is 1. The van der Waals surface area contributed by atoms with Crippen LogP contribution in [0.15, 0.2) is 47.2 Å². The molecule has 0 aliphatic carbocycles. The van der Waals surface area contributed by atoms with Crippen molar-refractivity contribution in [1.82, 2.24) is 0 Å². The molecule has 2 N–H and O–H groups in total. The summed E-state index contributed by atoms with van der Waals surface area (Å²) in [5.74, 6) is 0. The number of nitrogens with zero attached hydrogens (tertiary/aromatic N) is 3. The molecule has 80 valence electrons. The Morgan fingerprint density at radius 3 is 2.06 bits per heavy atom. The third-order valence-electron chi connectivity index (χ3n) is 2.01. The monoisotopic (exact) mass is 220 g/mol. The number of allylic oxidation sites excluding steroid dienone is 2. The average molecular weight is 220 g/mol. The summed E-state index contributed by atoms with van der Waals surface area (Å²) < 4.78 is 0. The topological polar surface area (TPSA) is 97.4 Å². The summed E-state index contributed by atoms with van der Waals surface area (Å²) >= 11 is 0. The Morgan fingerprint density at radius 2 is 1.59 bits per heavy atom. The second-order valence-corrected chi connectivity index (χ2v) is 3.09. The lowest BCUT2D eigenvalue weighted by Crippen LogP contribution is -2.03. The van der Waals surface area contributed by atoms with Crippen LogP contribution in [0.2, 0.25) is 0 Å². The van der Waals surface area contributed by atoms with E-state index in [2.05, 4.69) is 0 Å². The molecular formula is C13H8N4. The van der Waals surface area contributed by atoms with Crippen LogP contribution in [-0.4, -0.2) is 0 Å². The fourth-order valence-electron chi connectivity index (χ4n) is 1.17. The largest absolute Gasteiger partial charge is 0.396 e. The van der Waals surface area contributed by atoms with E-state index in [4.69, 9.17) is 21.5 Å². The minimum absolute atomic E-state index is 0.0960. The molecule has 1 rings (SSSR count). The summed E-state index contributed by atoms with van der Waals surface area (Å²) in [6, 6.07) is 14.2. The van der Waals surface area contributed by atoms with Gasteiger partial charge in [-0.05, 0) is 11.6 Å². The maximum absolute atomic E-state index is 8.95. The summed E-state index contributed by atoms with van der Waals surface area (Å²) in [4.78, 5) is 0. The quantitative estimate of drug-likeness (QED) is 0.607. The van der Waals surface area contributed by atoms with E-state index in [1.54, 1.807) is 24.3 Å². The highest BCUT2D eigenvalue weighted by Gasteiger charge is 2.07. The summed E-state index contributed by atoms with van der Waals surface area (Å²) in [6.45, 7) is 0. The fourth-order valence-corrected chi connectivity index (χ4v) is 1.17. The van der Waals surface area contributed by atoms with Crippen LogP contribution in [0.3, 0.4) is 0 Å². The van der Waals surface area contributed by atoms with Gasteiger partial charge in [-0.2, -0.15) is 15.8 Å². The maximum atomic E-state index is 8.95. The molecule has 0 radical (unpaired) electrons. The van der Waals surface area contributed by atoms with Crippen molar-refractivity contribution < 1.29 is 0 Å². The van der Waals surface area contributed by atoms with Gasteiger partial charge < -0.3 is 5.73 Å². The molecule has 0 fully saturated rings. The lowest BCUT2D eigenvalue weighted by atomic mass is 10.1. The van der Waals surface area contributed by atoms with Crippen LogP contribution >= 0.6 is 0 Å². The van der Waals surface area contributed by atoms with E-state index in [-0.39, 0.29) is 16.8 Å². The van der Waals surface area contributed by atoms with Crippen LogP contribution in [0.5, 0.6) is 0 Å². The molecule has 17 heavy (non-hydrogen) atoms. The average Bonchev–Trinajstić information content (AvgIpc) is 2.38. The minimum Gasteiger partial charge on any atom is -0.396 e. The fraction of sp³-hybridized carbons (Fsp3) is 0. The molecule has 1 aromatic rings. The number of nitrogens with two attached hydrogens (primary N) is 1. The predicted octanol–water partition coefficient (Wildman–Crippen LogP) is 1.85. The summed E-state index contributed by atoms with van der Waals surface area (Å²) in [6.07, 6.45) is 1.53. The van der Waals surface area contributed by atoms with Crippen LogP contribution in [0, 0.1) is 34.0 Å². The smallest absolute Gasteiger partial charge is 0.153 e. The van der Waals surface area contributed by atoms with Gasteiger partial charge >= 0.3 is 0 Å². The van der Waals surface area contributed by atoms with Crippen molar-refractivity contribution in [3.8, 4) is 18.2 Å². The normalized spacial score (nSPS) is 9.59. The van der Waals surface area contributed by atoms with E-state index in [9.17, 15) is 0 Å². The molecule has 4 nitrogen and oxygen atoms in total. The van der Waals surface area contributed by atoms with Gasteiger partial charge in [0, 0.05) is 0 Å². The molecule has 0 heterocycles. The van der Waals surface area contributed by atoms with Crippen molar-refractivity contribution in [2.24, 2.45) is 5.73 Å². The minimum atomic E-state index is -0.256. The molecule has 1 aromatic carbocycles. The molecular weight excluding hydrogens is 212 g/mol. The van der Waals surface area contributed by atoms with E-state index >= 15 is 0 Å². The van der Waals surface area contributed by atoms with E-state index in [1.807, 2.05) is 24.3 Å². The molecule has 4 heteroatoms. The second kappa shape index (κ2) is 5.75. The Balaban J connectivity index is 3.26. The van der Waals surface area contributed by atoms with E-state index < -0.39 is 0 Å². The number of hydrogen-bond donors (Lipinski definition) is 1. The van der Waals surface area contributed by atoms with Crippen LogP contribution in [0.25, 0.3) is 6.08 Å². The Kier molecular flexibility index (Phi) is 4.08. The van der Waals surface area contributed by atoms with Gasteiger partial charge in [0.1, 0.15) is 18.2 Å².